The largest absolute Gasteiger partial charge is 0.322 e. The van der Waals surface area contributed by atoms with E-state index in [1.165, 1.54) is 65.4 Å². The van der Waals surface area contributed by atoms with Crippen LogP contribution in [-0.2, 0) is 6.42 Å². The number of rotatable bonds is 4. The van der Waals surface area contributed by atoms with Crippen LogP contribution >= 0.6 is 23.7 Å². The maximum atomic E-state index is 12.7. The summed E-state index contributed by atoms with van der Waals surface area (Å²) in [5.74, 6) is 1.16. The van der Waals surface area contributed by atoms with Crippen molar-refractivity contribution in [2.45, 2.75) is 48.8 Å². The number of hydrogen-bond acceptors (Lipinski definition) is 4. The van der Waals surface area contributed by atoms with Gasteiger partial charge < -0.3 is 5.32 Å². The smallest absolute Gasteiger partial charge is 0.255 e. The number of anilines is 1. The summed E-state index contributed by atoms with van der Waals surface area (Å²) < 4.78 is 2.45. The highest BCUT2D eigenvalue weighted by Crippen LogP contribution is 2.32. The zero-order valence-electron chi connectivity index (χ0n) is 15.8. The van der Waals surface area contributed by atoms with Crippen molar-refractivity contribution >= 4 is 35.3 Å². The first-order chi connectivity index (χ1) is 13.2. The van der Waals surface area contributed by atoms with Crippen molar-refractivity contribution in [3.63, 3.8) is 0 Å². The zero-order valence-corrected chi connectivity index (χ0v) is 17.4. The number of thioether (sulfide) groups is 1. The topological polar surface area (TPSA) is 32.3 Å². The zero-order chi connectivity index (χ0) is 18.6. The molecule has 1 amide bonds. The second-order valence-electron chi connectivity index (χ2n) is 7.29. The Morgan fingerprint density at radius 1 is 1.07 bits per heavy atom. The molecular weight excluding hydrogens is 372 g/mol. The number of benzene rings is 2. The van der Waals surface area contributed by atoms with Gasteiger partial charge in [-0.15, -0.1) is 11.8 Å². The highest BCUT2D eigenvalue weighted by molar-refractivity contribution is 7.99. The second kappa shape index (κ2) is 8.72. The molecule has 2 heterocycles. The van der Waals surface area contributed by atoms with E-state index in [2.05, 4.69) is 40.8 Å². The maximum absolute atomic E-state index is 12.7. The fraction of sp³-hybridized carbons (Fsp3) is 0.409. The Bertz CT molecular complexity index is 831. The summed E-state index contributed by atoms with van der Waals surface area (Å²) in [7, 11) is 0. The minimum atomic E-state index is -0.0239. The molecule has 2 aromatic carbocycles. The molecule has 0 spiro atoms. The SMILES string of the molecule is Cc1cc(NC(=O)c2ccc3c(c2)CCCS3)ccc1SN1CCCCC1. The molecule has 1 saturated heterocycles. The summed E-state index contributed by atoms with van der Waals surface area (Å²) in [6.07, 6.45) is 6.20. The average molecular weight is 399 g/mol. The van der Waals surface area contributed by atoms with Crippen LogP contribution in [0.1, 0.15) is 47.2 Å². The van der Waals surface area contributed by atoms with E-state index in [0.29, 0.717) is 0 Å². The summed E-state index contributed by atoms with van der Waals surface area (Å²) in [5, 5.41) is 3.07. The van der Waals surface area contributed by atoms with Gasteiger partial charge in [0.15, 0.2) is 0 Å². The van der Waals surface area contributed by atoms with Crippen LogP contribution in [0.3, 0.4) is 0 Å². The van der Waals surface area contributed by atoms with Gasteiger partial charge in [-0.3, -0.25) is 4.79 Å². The van der Waals surface area contributed by atoms with Gasteiger partial charge in [-0.25, -0.2) is 4.31 Å². The number of hydrogen-bond donors (Lipinski definition) is 1. The number of amides is 1. The van der Waals surface area contributed by atoms with E-state index in [1.54, 1.807) is 0 Å². The number of aryl methyl sites for hydroxylation is 2. The lowest BCUT2D eigenvalue weighted by atomic mass is 10.1. The first kappa shape index (κ1) is 18.9. The van der Waals surface area contributed by atoms with Crippen LogP contribution < -0.4 is 5.32 Å². The van der Waals surface area contributed by atoms with Crippen LogP contribution in [0.15, 0.2) is 46.2 Å². The van der Waals surface area contributed by atoms with Crippen molar-refractivity contribution in [3.8, 4) is 0 Å². The van der Waals surface area contributed by atoms with Gasteiger partial charge in [-0.2, -0.15) is 0 Å². The van der Waals surface area contributed by atoms with E-state index >= 15 is 0 Å². The molecule has 0 aromatic heterocycles. The summed E-state index contributed by atoms with van der Waals surface area (Å²) in [5.41, 5.74) is 4.14. The van der Waals surface area contributed by atoms with Crippen LogP contribution in [0.2, 0.25) is 0 Å². The molecule has 4 rings (SSSR count). The third kappa shape index (κ3) is 4.71. The minimum absolute atomic E-state index is 0.0239. The van der Waals surface area contributed by atoms with Crippen LogP contribution in [0, 0.1) is 6.92 Å². The van der Waals surface area contributed by atoms with E-state index in [0.717, 1.165) is 17.7 Å². The molecule has 1 fully saturated rings. The number of piperidine rings is 1. The van der Waals surface area contributed by atoms with Crippen molar-refractivity contribution in [2.75, 3.05) is 24.2 Å². The number of nitrogens with zero attached hydrogens (tertiary/aromatic N) is 1. The van der Waals surface area contributed by atoms with E-state index < -0.39 is 0 Å². The van der Waals surface area contributed by atoms with Crippen molar-refractivity contribution in [3.05, 3.63) is 53.1 Å². The normalized spacial score (nSPS) is 17.4. The summed E-state index contributed by atoms with van der Waals surface area (Å²) in [6.45, 7) is 4.45. The minimum Gasteiger partial charge on any atom is -0.322 e. The Morgan fingerprint density at radius 2 is 1.93 bits per heavy atom. The molecule has 142 valence electrons. The van der Waals surface area contributed by atoms with Gasteiger partial charge in [0.1, 0.15) is 0 Å². The van der Waals surface area contributed by atoms with Crippen LogP contribution in [0.25, 0.3) is 0 Å². The molecule has 5 heteroatoms. The predicted molar refractivity (Wildman–Crippen MR) is 116 cm³/mol. The Morgan fingerprint density at radius 3 is 2.74 bits per heavy atom. The van der Waals surface area contributed by atoms with Crippen molar-refractivity contribution in [1.82, 2.24) is 4.31 Å². The van der Waals surface area contributed by atoms with Crippen molar-refractivity contribution < 1.29 is 4.79 Å². The Kier molecular flexibility index (Phi) is 6.11. The first-order valence-corrected chi connectivity index (χ1v) is 11.6. The second-order valence-corrected chi connectivity index (χ2v) is 9.57. The first-order valence-electron chi connectivity index (χ1n) is 9.80. The van der Waals surface area contributed by atoms with Crippen LogP contribution in [-0.4, -0.2) is 29.1 Å². The summed E-state index contributed by atoms with van der Waals surface area (Å²) >= 11 is 3.74. The highest BCUT2D eigenvalue weighted by atomic mass is 32.2. The van der Waals surface area contributed by atoms with Gasteiger partial charge in [0.2, 0.25) is 0 Å². The summed E-state index contributed by atoms with van der Waals surface area (Å²) in [6, 6.07) is 12.3. The monoisotopic (exact) mass is 398 g/mol. The third-order valence-electron chi connectivity index (χ3n) is 5.15. The lowest BCUT2D eigenvalue weighted by Crippen LogP contribution is -2.22. The van der Waals surface area contributed by atoms with Gasteiger partial charge in [-0.1, -0.05) is 6.42 Å². The molecule has 2 aliphatic rings. The Labute approximate surface area is 170 Å². The molecule has 2 aliphatic heterocycles. The molecule has 0 saturated carbocycles. The number of carbonyl (C=O) groups is 1. The molecule has 27 heavy (non-hydrogen) atoms. The van der Waals surface area contributed by atoms with Crippen LogP contribution in [0.5, 0.6) is 0 Å². The molecular formula is C22H26N2OS2. The molecule has 0 bridgehead atoms. The van der Waals surface area contributed by atoms with Gasteiger partial charge in [0, 0.05) is 34.1 Å². The van der Waals surface area contributed by atoms with Crippen LogP contribution in [0.4, 0.5) is 5.69 Å². The summed E-state index contributed by atoms with van der Waals surface area (Å²) in [4.78, 5) is 15.3. The fourth-order valence-electron chi connectivity index (χ4n) is 3.63. The van der Waals surface area contributed by atoms with Gasteiger partial charge in [0.05, 0.1) is 0 Å². The predicted octanol–water partition coefficient (Wildman–Crippen LogP) is 5.78. The Balaban J connectivity index is 1.43. The Hall–Kier alpha value is -1.43. The molecule has 2 aromatic rings. The van der Waals surface area contributed by atoms with E-state index in [4.69, 9.17) is 0 Å². The standard InChI is InChI=1S/C22H26N2OS2/c1-16-14-19(8-10-20(16)27-24-11-3-2-4-12-24)23-22(25)18-7-9-21-17(15-18)6-5-13-26-21/h7-10,14-15H,2-6,11-13H2,1H3,(H,23,25). The van der Waals surface area contributed by atoms with E-state index in [9.17, 15) is 4.79 Å². The molecule has 0 aliphatic carbocycles. The van der Waals surface area contributed by atoms with Crippen molar-refractivity contribution in [2.24, 2.45) is 0 Å². The quantitative estimate of drug-likeness (QED) is 0.662. The number of fused-ring (bicyclic) bond motifs is 1. The number of carbonyl (C=O) groups excluding carboxylic acids is 1. The molecule has 0 unspecified atom stereocenters. The molecule has 1 N–H and O–H groups in total. The highest BCUT2D eigenvalue weighted by Gasteiger charge is 2.15. The average Bonchev–Trinajstić information content (AvgIpc) is 2.70. The van der Waals surface area contributed by atoms with Gasteiger partial charge >= 0.3 is 0 Å². The third-order valence-corrected chi connectivity index (χ3v) is 7.63. The molecule has 0 radical (unpaired) electrons. The van der Waals surface area contributed by atoms with Gasteiger partial charge in [-0.05, 0) is 97.8 Å². The lowest BCUT2D eigenvalue weighted by Gasteiger charge is -2.25. The number of nitrogens with one attached hydrogen (secondary N) is 1. The van der Waals surface area contributed by atoms with E-state index in [1.807, 2.05) is 35.8 Å². The molecule has 3 nitrogen and oxygen atoms in total. The van der Waals surface area contributed by atoms with E-state index in [-0.39, 0.29) is 5.91 Å². The maximum Gasteiger partial charge on any atom is 0.255 e. The molecule has 0 atom stereocenters. The lowest BCUT2D eigenvalue weighted by molar-refractivity contribution is 0.102. The fourth-order valence-corrected chi connectivity index (χ4v) is 5.70. The van der Waals surface area contributed by atoms with Crippen molar-refractivity contribution in [1.29, 1.82) is 0 Å². The van der Waals surface area contributed by atoms with Gasteiger partial charge in [0.25, 0.3) is 5.91 Å².